The molecular formula is C16H26N4O. The second-order valence-electron chi connectivity index (χ2n) is 6.33. The maximum absolute atomic E-state index is 5.82. The summed E-state index contributed by atoms with van der Waals surface area (Å²) in [5.74, 6) is 3.60. The van der Waals surface area contributed by atoms with Crippen molar-refractivity contribution in [2.45, 2.75) is 58.2 Å². The van der Waals surface area contributed by atoms with Crippen LogP contribution in [0.25, 0.3) is 0 Å². The first kappa shape index (κ1) is 14.6. The lowest BCUT2D eigenvalue weighted by Gasteiger charge is -2.36. The number of nitrogens with one attached hydrogen (secondary N) is 1. The molecule has 2 unspecified atom stereocenters. The Balaban J connectivity index is 1.83. The number of anilines is 2. The second kappa shape index (κ2) is 6.18. The minimum atomic E-state index is 0.250. The smallest absolute Gasteiger partial charge is 0.136 e. The summed E-state index contributed by atoms with van der Waals surface area (Å²) in [6.07, 6.45) is 4.06. The predicted octanol–water partition coefficient (Wildman–Crippen LogP) is 2.79. The molecule has 1 aromatic heterocycles. The highest BCUT2D eigenvalue weighted by molar-refractivity contribution is 5.50. The second-order valence-corrected chi connectivity index (χ2v) is 6.33. The monoisotopic (exact) mass is 290 g/mol. The van der Waals surface area contributed by atoms with Gasteiger partial charge in [0.15, 0.2) is 0 Å². The van der Waals surface area contributed by atoms with Gasteiger partial charge in [-0.3, -0.25) is 0 Å². The molecule has 0 radical (unpaired) electrons. The van der Waals surface area contributed by atoms with Crippen LogP contribution in [0.4, 0.5) is 11.6 Å². The number of hydrogen-bond acceptors (Lipinski definition) is 5. The van der Waals surface area contributed by atoms with Crippen molar-refractivity contribution in [1.29, 1.82) is 0 Å². The zero-order valence-corrected chi connectivity index (χ0v) is 13.3. The van der Waals surface area contributed by atoms with E-state index in [0.717, 1.165) is 43.5 Å². The van der Waals surface area contributed by atoms with Gasteiger partial charge in [-0.15, -0.1) is 0 Å². The number of hydrogen-bond donors (Lipinski definition) is 1. The van der Waals surface area contributed by atoms with Gasteiger partial charge in [-0.25, -0.2) is 9.97 Å². The fraction of sp³-hybridized carbons (Fsp3) is 0.750. The summed E-state index contributed by atoms with van der Waals surface area (Å²) in [4.78, 5) is 11.8. The summed E-state index contributed by atoms with van der Waals surface area (Å²) in [6.45, 7) is 9.18. The molecule has 1 saturated carbocycles. The number of rotatable bonds is 5. The number of aromatic nitrogens is 2. The minimum absolute atomic E-state index is 0.250. The highest BCUT2D eigenvalue weighted by Gasteiger charge is 2.29. The summed E-state index contributed by atoms with van der Waals surface area (Å²) >= 11 is 0. The molecule has 3 rings (SSSR count). The van der Waals surface area contributed by atoms with Crippen LogP contribution in [-0.2, 0) is 4.74 Å². The van der Waals surface area contributed by atoms with Gasteiger partial charge in [-0.05, 0) is 33.1 Å². The lowest BCUT2D eigenvalue weighted by molar-refractivity contribution is -0.00547. The molecule has 1 aliphatic heterocycles. The summed E-state index contributed by atoms with van der Waals surface area (Å²) in [5, 5.41) is 3.41. The minimum Gasteiger partial charge on any atom is -0.372 e. The van der Waals surface area contributed by atoms with E-state index in [4.69, 9.17) is 9.72 Å². The summed E-state index contributed by atoms with van der Waals surface area (Å²) in [5.41, 5.74) is 0. The molecule has 116 valence electrons. The van der Waals surface area contributed by atoms with Gasteiger partial charge in [-0.2, -0.15) is 0 Å². The van der Waals surface area contributed by atoms with Crippen LogP contribution in [0.15, 0.2) is 6.07 Å². The van der Waals surface area contributed by atoms with Crippen LogP contribution < -0.4 is 10.2 Å². The Morgan fingerprint density at radius 3 is 2.57 bits per heavy atom. The van der Waals surface area contributed by atoms with Gasteiger partial charge in [0.25, 0.3) is 0 Å². The summed E-state index contributed by atoms with van der Waals surface area (Å²) in [7, 11) is 0. The fourth-order valence-corrected chi connectivity index (χ4v) is 2.85. The van der Waals surface area contributed by atoms with Crippen LogP contribution in [0.2, 0.25) is 0 Å². The Bertz CT molecular complexity index is 479. The molecule has 5 heteroatoms. The molecular weight excluding hydrogens is 264 g/mol. The molecule has 2 fully saturated rings. The van der Waals surface area contributed by atoms with Gasteiger partial charge < -0.3 is 15.0 Å². The van der Waals surface area contributed by atoms with Gasteiger partial charge in [0.05, 0.1) is 12.2 Å². The van der Waals surface area contributed by atoms with Crippen LogP contribution in [0, 0.1) is 0 Å². The van der Waals surface area contributed by atoms with E-state index in [0.29, 0.717) is 5.92 Å². The molecule has 1 N–H and O–H groups in total. The molecule has 0 amide bonds. The third-order valence-corrected chi connectivity index (χ3v) is 3.97. The van der Waals surface area contributed by atoms with E-state index in [1.54, 1.807) is 0 Å². The van der Waals surface area contributed by atoms with E-state index in [1.807, 2.05) is 0 Å². The topological polar surface area (TPSA) is 50.3 Å². The molecule has 1 aromatic rings. The maximum atomic E-state index is 5.82. The maximum Gasteiger partial charge on any atom is 0.136 e. The fourth-order valence-electron chi connectivity index (χ4n) is 2.85. The molecule has 2 heterocycles. The zero-order chi connectivity index (χ0) is 14.8. The highest BCUT2D eigenvalue weighted by atomic mass is 16.5. The van der Waals surface area contributed by atoms with Gasteiger partial charge in [-0.1, -0.05) is 6.92 Å². The van der Waals surface area contributed by atoms with Crippen molar-refractivity contribution in [2.75, 3.05) is 29.9 Å². The molecule has 5 nitrogen and oxygen atoms in total. The lowest BCUT2D eigenvalue weighted by atomic mass is 10.2. The molecule has 1 aliphatic carbocycles. The molecule has 21 heavy (non-hydrogen) atoms. The first-order chi connectivity index (χ1) is 10.2. The zero-order valence-electron chi connectivity index (χ0n) is 13.3. The molecule has 2 atom stereocenters. The van der Waals surface area contributed by atoms with Crippen LogP contribution in [0.1, 0.15) is 51.8 Å². The molecule has 0 aromatic carbocycles. The van der Waals surface area contributed by atoms with Crippen molar-refractivity contribution in [1.82, 2.24) is 9.97 Å². The Kier molecular flexibility index (Phi) is 4.29. The van der Waals surface area contributed by atoms with Gasteiger partial charge >= 0.3 is 0 Å². The van der Waals surface area contributed by atoms with Crippen LogP contribution >= 0.6 is 0 Å². The van der Waals surface area contributed by atoms with Crippen molar-refractivity contribution >= 4 is 11.6 Å². The Labute approximate surface area is 127 Å². The van der Waals surface area contributed by atoms with Crippen molar-refractivity contribution in [3.05, 3.63) is 11.9 Å². The molecule has 0 bridgehead atoms. The standard InChI is InChI=1S/C16H26N4O/c1-4-7-17-14-8-15(19-16(18-14)13-5-6-13)20-9-11(2)21-12(3)10-20/h8,11-13H,4-7,9-10H2,1-3H3,(H,17,18,19). The Morgan fingerprint density at radius 2 is 1.95 bits per heavy atom. The van der Waals surface area contributed by atoms with Crippen LogP contribution in [0.3, 0.4) is 0 Å². The van der Waals surface area contributed by atoms with E-state index in [1.165, 1.54) is 12.8 Å². The molecule has 2 aliphatic rings. The third kappa shape index (κ3) is 3.64. The van der Waals surface area contributed by atoms with Crippen molar-refractivity contribution in [3.8, 4) is 0 Å². The number of morpholine rings is 1. The van der Waals surface area contributed by atoms with Crippen LogP contribution in [0.5, 0.6) is 0 Å². The van der Waals surface area contributed by atoms with E-state index in [2.05, 4.69) is 42.0 Å². The quantitative estimate of drug-likeness (QED) is 0.903. The first-order valence-electron chi connectivity index (χ1n) is 8.19. The highest BCUT2D eigenvalue weighted by Crippen LogP contribution is 2.39. The SMILES string of the molecule is CCCNc1cc(N2CC(C)OC(C)C2)nc(C2CC2)n1. The van der Waals surface area contributed by atoms with Gasteiger partial charge in [0.2, 0.25) is 0 Å². The number of ether oxygens (including phenoxy) is 1. The van der Waals surface area contributed by atoms with E-state index in [9.17, 15) is 0 Å². The van der Waals surface area contributed by atoms with Gasteiger partial charge in [0.1, 0.15) is 17.5 Å². The van der Waals surface area contributed by atoms with E-state index < -0.39 is 0 Å². The summed E-state index contributed by atoms with van der Waals surface area (Å²) in [6, 6.07) is 2.09. The average molecular weight is 290 g/mol. The summed E-state index contributed by atoms with van der Waals surface area (Å²) < 4.78 is 5.82. The Hall–Kier alpha value is -1.36. The molecule has 1 saturated heterocycles. The third-order valence-electron chi connectivity index (χ3n) is 3.97. The van der Waals surface area contributed by atoms with Crippen molar-refractivity contribution in [2.24, 2.45) is 0 Å². The predicted molar refractivity (Wildman–Crippen MR) is 85.0 cm³/mol. The largest absolute Gasteiger partial charge is 0.372 e. The lowest BCUT2D eigenvalue weighted by Crippen LogP contribution is -2.46. The van der Waals surface area contributed by atoms with Crippen LogP contribution in [-0.4, -0.2) is 41.8 Å². The van der Waals surface area contributed by atoms with Crippen molar-refractivity contribution < 1.29 is 4.74 Å². The van der Waals surface area contributed by atoms with Gasteiger partial charge in [0, 0.05) is 31.6 Å². The number of nitrogens with zero attached hydrogens (tertiary/aromatic N) is 3. The van der Waals surface area contributed by atoms with Crippen molar-refractivity contribution in [3.63, 3.8) is 0 Å². The first-order valence-corrected chi connectivity index (χ1v) is 8.19. The van der Waals surface area contributed by atoms with E-state index >= 15 is 0 Å². The average Bonchev–Trinajstić information content (AvgIpc) is 3.28. The molecule has 0 spiro atoms. The normalized spacial score (nSPS) is 26.0. The Morgan fingerprint density at radius 1 is 1.24 bits per heavy atom. The van der Waals surface area contributed by atoms with E-state index in [-0.39, 0.29) is 12.2 Å².